The van der Waals surface area contributed by atoms with Crippen molar-refractivity contribution in [1.29, 1.82) is 0 Å². The monoisotopic (exact) mass is 301 g/mol. The van der Waals surface area contributed by atoms with E-state index < -0.39 is 11.7 Å². The Hall–Kier alpha value is -1.56. The molecular formula is C15H18F3NO2. The van der Waals surface area contributed by atoms with Gasteiger partial charge in [0.15, 0.2) is 0 Å². The Labute approximate surface area is 121 Å². The van der Waals surface area contributed by atoms with Crippen LogP contribution in [0.5, 0.6) is 0 Å². The number of alkyl halides is 3. The summed E-state index contributed by atoms with van der Waals surface area (Å²) in [7, 11) is 0. The van der Waals surface area contributed by atoms with E-state index in [0.717, 1.165) is 25.0 Å². The van der Waals surface area contributed by atoms with Crippen molar-refractivity contribution in [3.8, 4) is 0 Å². The van der Waals surface area contributed by atoms with Crippen LogP contribution in [0.3, 0.4) is 0 Å². The van der Waals surface area contributed by atoms with E-state index in [1.807, 2.05) is 0 Å². The third-order valence-corrected chi connectivity index (χ3v) is 3.91. The lowest BCUT2D eigenvalue weighted by Gasteiger charge is -2.14. The lowest BCUT2D eigenvalue weighted by atomic mass is 10.0. The molecule has 0 unspecified atom stereocenters. The lowest BCUT2D eigenvalue weighted by Crippen LogP contribution is -2.31. The zero-order valence-corrected chi connectivity index (χ0v) is 11.5. The molecule has 1 aromatic carbocycles. The van der Waals surface area contributed by atoms with E-state index in [4.69, 9.17) is 5.11 Å². The van der Waals surface area contributed by atoms with Gasteiger partial charge in [-0.1, -0.05) is 12.1 Å². The van der Waals surface area contributed by atoms with E-state index in [0.29, 0.717) is 18.5 Å². The van der Waals surface area contributed by atoms with E-state index >= 15 is 0 Å². The quantitative estimate of drug-likeness (QED) is 0.848. The van der Waals surface area contributed by atoms with Crippen LogP contribution in [-0.2, 0) is 17.4 Å². The third-order valence-electron chi connectivity index (χ3n) is 3.91. The summed E-state index contributed by atoms with van der Waals surface area (Å²) in [6.07, 6.45) is -1.63. The first-order chi connectivity index (χ1) is 9.85. The molecule has 0 bridgehead atoms. The van der Waals surface area contributed by atoms with Gasteiger partial charge in [0.25, 0.3) is 0 Å². The number of carbonyl (C=O) groups excluding carboxylic acids is 1. The zero-order chi connectivity index (χ0) is 15.5. The minimum Gasteiger partial charge on any atom is -0.396 e. The zero-order valence-electron chi connectivity index (χ0n) is 11.5. The standard InChI is InChI=1S/C15H18F3NO2/c16-15(17,18)12-3-1-11(2-4-12)9-13(21)19-10-14(5-6-14)7-8-20/h1-4,20H,5-10H2,(H,19,21). The molecule has 0 aliphatic heterocycles. The van der Waals surface area contributed by atoms with Gasteiger partial charge in [-0.25, -0.2) is 0 Å². The number of hydrogen-bond donors (Lipinski definition) is 2. The van der Waals surface area contributed by atoms with E-state index in [-0.39, 0.29) is 24.3 Å². The van der Waals surface area contributed by atoms with Crippen molar-refractivity contribution in [3.05, 3.63) is 35.4 Å². The highest BCUT2D eigenvalue weighted by Gasteiger charge is 2.41. The van der Waals surface area contributed by atoms with Crippen molar-refractivity contribution in [1.82, 2.24) is 5.32 Å². The van der Waals surface area contributed by atoms with Crippen molar-refractivity contribution in [2.45, 2.75) is 31.9 Å². The van der Waals surface area contributed by atoms with Crippen LogP contribution in [0.15, 0.2) is 24.3 Å². The summed E-state index contributed by atoms with van der Waals surface area (Å²) in [5.74, 6) is -0.209. The van der Waals surface area contributed by atoms with Gasteiger partial charge in [0.1, 0.15) is 0 Å². The second kappa shape index (κ2) is 6.05. The Morgan fingerprint density at radius 3 is 2.33 bits per heavy atom. The van der Waals surface area contributed by atoms with Crippen LogP contribution < -0.4 is 5.32 Å². The van der Waals surface area contributed by atoms with Crippen LogP contribution >= 0.6 is 0 Å². The van der Waals surface area contributed by atoms with Crippen LogP contribution in [0, 0.1) is 5.41 Å². The summed E-state index contributed by atoms with van der Waals surface area (Å²) in [5, 5.41) is 11.7. The maximum absolute atomic E-state index is 12.4. The van der Waals surface area contributed by atoms with E-state index in [1.165, 1.54) is 12.1 Å². The highest BCUT2D eigenvalue weighted by atomic mass is 19.4. The second-order valence-corrected chi connectivity index (χ2v) is 5.62. The molecule has 116 valence electrons. The summed E-state index contributed by atoms with van der Waals surface area (Å²) in [6.45, 7) is 0.627. The Morgan fingerprint density at radius 1 is 1.24 bits per heavy atom. The number of rotatable bonds is 6. The van der Waals surface area contributed by atoms with Gasteiger partial charge in [-0.2, -0.15) is 13.2 Å². The number of aliphatic hydroxyl groups is 1. The molecule has 1 amide bonds. The van der Waals surface area contributed by atoms with E-state index in [1.54, 1.807) is 0 Å². The Morgan fingerprint density at radius 2 is 1.86 bits per heavy atom. The molecular weight excluding hydrogens is 283 g/mol. The predicted octanol–water partition coefficient (Wildman–Crippen LogP) is 2.53. The molecule has 0 heterocycles. The van der Waals surface area contributed by atoms with Crippen LogP contribution in [0.2, 0.25) is 0 Å². The third kappa shape index (κ3) is 4.46. The van der Waals surface area contributed by atoms with E-state index in [2.05, 4.69) is 5.32 Å². The molecule has 0 radical (unpaired) electrons. The highest BCUT2D eigenvalue weighted by Crippen LogP contribution is 2.47. The number of carbonyl (C=O) groups is 1. The lowest BCUT2D eigenvalue weighted by molar-refractivity contribution is -0.137. The smallest absolute Gasteiger partial charge is 0.396 e. The van der Waals surface area contributed by atoms with Gasteiger partial charge in [0.05, 0.1) is 12.0 Å². The largest absolute Gasteiger partial charge is 0.416 e. The molecule has 1 aliphatic rings. The van der Waals surface area contributed by atoms with Crippen LogP contribution in [-0.4, -0.2) is 24.2 Å². The molecule has 0 saturated heterocycles. The van der Waals surface area contributed by atoms with Gasteiger partial charge < -0.3 is 10.4 Å². The van der Waals surface area contributed by atoms with Gasteiger partial charge in [-0.15, -0.1) is 0 Å². The highest BCUT2D eigenvalue weighted by molar-refractivity contribution is 5.78. The van der Waals surface area contributed by atoms with Gasteiger partial charge in [0, 0.05) is 13.2 Å². The molecule has 21 heavy (non-hydrogen) atoms. The number of amides is 1. The molecule has 0 aromatic heterocycles. The molecule has 0 atom stereocenters. The van der Waals surface area contributed by atoms with Crippen molar-refractivity contribution in [2.75, 3.05) is 13.2 Å². The van der Waals surface area contributed by atoms with Gasteiger partial charge in [0.2, 0.25) is 5.91 Å². The van der Waals surface area contributed by atoms with Crippen molar-refractivity contribution >= 4 is 5.91 Å². The topological polar surface area (TPSA) is 49.3 Å². The number of halogens is 3. The average molecular weight is 301 g/mol. The molecule has 2 N–H and O–H groups in total. The number of aliphatic hydroxyl groups excluding tert-OH is 1. The maximum atomic E-state index is 12.4. The SMILES string of the molecule is O=C(Cc1ccc(C(F)(F)F)cc1)NCC1(CCO)CC1. The Balaban J connectivity index is 1.83. The number of benzene rings is 1. The number of hydrogen-bond acceptors (Lipinski definition) is 2. The van der Waals surface area contributed by atoms with Gasteiger partial charge in [-0.05, 0) is 42.4 Å². The summed E-state index contributed by atoms with van der Waals surface area (Å²) in [6, 6.07) is 4.61. The predicted molar refractivity (Wildman–Crippen MR) is 71.5 cm³/mol. The Bertz CT molecular complexity index is 493. The second-order valence-electron chi connectivity index (χ2n) is 5.62. The summed E-state index contributed by atoms with van der Waals surface area (Å²) in [4.78, 5) is 11.8. The molecule has 6 heteroatoms. The minimum absolute atomic E-state index is 0.0323. The fourth-order valence-corrected chi connectivity index (χ4v) is 2.27. The first kappa shape index (κ1) is 15.8. The molecule has 3 nitrogen and oxygen atoms in total. The molecule has 1 aromatic rings. The first-order valence-electron chi connectivity index (χ1n) is 6.88. The summed E-state index contributed by atoms with van der Waals surface area (Å²) < 4.78 is 37.2. The fourth-order valence-electron chi connectivity index (χ4n) is 2.27. The van der Waals surface area contributed by atoms with Crippen molar-refractivity contribution in [3.63, 3.8) is 0 Å². The molecule has 1 fully saturated rings. The van der Waals surface area contributed by atoms with Crippen molar-refractivity contribution < 1.29 is 23.1 Å². The van der Waals surface area contributed by atoms with E-state index in [9.17, 15) is 18.0 Å². The van der Waals surface area contributed by atoms with Gasteiger partial charge >= 0.3 is 6.18 Å². The van der Waals surface area contributed by atoms with Crippen LogP contribution in [0.4, 0.5) is 13.2 Å². The van der Waals surface area contributed by atoms with Crippen LogP contribution in [0.1, 0.15) is 30.4 Å². The first-order valence-corrected chi connectivity index (χ1v) is 6.88. The van der Waals surface area contributed by atoms with Crippen molar-refractivity contribution in [2.24, 2.45) is 5.41 Å². The minimum atomic E-state index is -4.36. The molecule has 2 rings (SSSR count). The van der Waals surface area contributed by atoms with Gasteiger partial charge in [-0.3, -0.25) is 4.79 Å². The fraction of sp³-hybridized carbons (Fsp3) is 0.533. The molecule has 1 saturated carbocycles. The Kier molecular flexibility index (Phi) is 4.56. The van der Waals surface area contributed by atoms with Crippen LogP contribution in [0.25, 0.3) is 0 Å². The molecule has 1 aliphatic carbocycles. The normalized spacial score (nSPS) is 16.6. The molecule has 0 spiro atoms. The summed E-state index contributed by atoms with van der Waals surface area (Å²) >= 11 is 0. The maximum Gasteiger partial charge on any atom is 0.416 e. The number of nitrogens with one attached hydrogen (secondary N) is 1. The summed E-state index contributed by atoms with van der Waals surface area (Å²) in [5.41, 5.74) is -0.135. The average Bonchev–Trinajstić information content (AvgIpc) is 3.17.